The van der Waals surface area contributed by atoms with Crippen LogP contribution >= 0.6 is 0 Å². The lowest BCUT2D eigenvalue weighted by Gasteiger charge is -2.58. The number of nitrogens with zero attached hydrogens (tertiary/aromatic N) is 3. The number of aryl methyl sites for hydroxylation is 1. The van der Waals surface area contributed by atoms with Gasteiger partial charge in [0, 0.05) is 17.9 Å². The van der Waals surface area contributed by atoms with E-state index in [0.29, 0.717) is 5.82 Å². The van der Waals surface area contributed by atoms with Gasteiger partial charge in [0.05, 0.1) is 11.8 Å². The van der Waals surface area contributed by atoms with Crippen molar-refractivity contribution in [3.8, 4) is 5.69 Å². The van der Waals surface area contributed by atoms with Crippen LogP contribution in [0, 0.1) is 18.3 Å². The summed E-state index contributed by atoms with van der Waals surface area (Å²) in [5.41, 5.74) is 0.703. The van der Waals surface area contributed by atoms with Crippen molar-refractivity contribution < 1.29 is 14.3 Å². The number of esters is 1. The Kier molecular flexibility index (Phi) is 3.87. The number of hydrogen-bond acceptors (Lipinski definition) is 5. The van der Waals surface area contributed by atoms with Gasteiger partial charge < -0.3 is 9.47 Å². The lowest BCUT2D eigenvalue weighted by atomic mass is 9.57. The van der Waals surface area contributed by atoms with Crippen molar-refractivity contribution in [3.63, 3.8) is 0 Å². The number of benzene rings is 1. The van der Waals surface area contributed by atoms with E-state index in [0.717, 1.165) is 25.1 Å². The summed E-state index contributed by atoms with van der Waals surface area (Å²) < 4.78 is 13.3. The molecule has 1 saturated heterocycles. The fraction of sp³-hybridized carbons (Fsp3) is 0.526. The Labute approximate surface area is 147 Å². The van der Waals surface area contributed by atoms with E-state index in [2.05, 4.69) is 23.9 Å². The number of carbonyl (C=O) groups excluding carboxylic acids is 1. The Hall–Kier alpha value is -2.21. The maximum atomic E-state index is 12.6. The molecule has 2 heterocycles. The SMILES string of the molecule is Cc1nc(C(=O)O[C@@H]2[C@H]3CCCO[C@H]3C2(C)C)nn1-c1ccccc1. The zero-order chi connectivity index (χ0) is 17.6. The summed E-state index contributed by atoms with van der Waals surface area (Å²) in [5, 5.41) is 4.34. The summed E-state index contributed by atoms with van der Waals surface area (Å²) in [7, 11) is 0. The van der Waals surface area contributed by atoms with Crippen LogP contribution in [0.4, 0.5) is 0 Å². The molecule has 0 unspecified atom stereocenters. The molecule has 2 aromatic rings. The van der Waals surface area contributed by atoms with Crippen molar-refractivity contribution in [1.29, 1.82) is 0 Å². The van der Waals surface area contributed by atoms with Crippen molar-refractivity contribution in [3.05, 3.63) is 42.0 Å². The third kappa shape index (κ3) is 2.65. The number of ether oxygens (including phenoxy) is 2. The molecule has 0 radical (unpaired) electrons. The largest absolute Gasteiger partial charge is 0.455 e. The number of aromatic nitrogens is 3. The Morgan fingerprint density at radius 3 is 2.84 bits per heavy atom. The van der Waals surface area contributed by atoms with E-state index in [9.17, 15) is 4.79 Å². The maximum absolute atomic E-state index is 12.6. The Morgan fingerprint density at radius 2 is 2.08 bits per heavy atom. The van der Waals surface area contributed by atoms with Crippen molar-refractivity contribution in [1.82, 2.24) is 14.8 Å². The molecular weight excluding hydrogens is 318 g/mol. The monoisotopic (exact) mass is 341 g/mol. The van der Waals surface area contributed by atoms with Gasteiger partial charge in [-0.05, 0) is 31.9 Å². The van der Waals surface area contributed by atoms with Gasteiger partial charge in [-0.15, -0.1) is 5.10 Å². The molecule has 1 saturated carbocycles. The third-order valence-corrected chi connectivity index (χ3v) is 5.41. The molecule has 2 fully saturated rings. The van der Waals surface area contributed by atoms with E-state index in [-0.39, 0.29) is 29.4 Å². The minimum Gasteiger partial charge on any atom is -0.455 e. The van der Waals surface area contributed by atoms with Crippen LogP contribution in [0.5, 0.6) is 0 Å². The fourth-order valence-electron chi connectivity index (χ4n) is 4.17. The Morgan fingerprint density at radius 1 is 1.32 bits per heavy atom. The summed E-state index contributed by atoms with van der Waals surface area (Å²) in [4.78, 5) is 16.9. The first-order valence-corrected chi connectivity index (χ1v) is 8.80. The zero-order valence-corrected chi connectivity index (χ0v) is 14.8. The Bertz CT molecular complexity index is 784. The second-order valence-electron chi connectivity index (χ2n) is 7.47. The van der Waals surface area contributed by atoms with E-state index < -0.39 is 5.97 Å². The van der Waals surface area contributed by atoms with Crippen LogP contribution in [0.15, 0.2) is 30.3 Å². The third-order valence-electron chi connectivity index (χ3n) is 5.41. The molecule has 0 spiro atoms. The van der Waals surface area contributed by atoms with Gasteiger partial charge in [0.1, 0.15) is 11.9 Å². The second kappa shape index (κ2) is 5.95. The lowest BCUT2D eigenvalue weighted by Crippen LogP contribution is -2.65. The van der Waals surface area contributed by atoms with Crippen LogP contribution in [-0.2, 0) is 9.47 Å². The maximum Gasteiger partial charge on any atom is 0.378 e. The van der Waals surface area contributed by atoms with Crippen LogP contribution in [-0.4, -0.2) is 39.5 Å². The molecule has 0 N–H and O–H groups in total. The average Bonchev–Trinajstić information content (AvgIpc) is 3.02. The molecule has 1 aliphatic carbocycles. The molecular formula is C19H23N3O3. The average molecular weight is 341 g/mol. The minimum absolute atomic E-state index is 0.109. The number of para-hydroxylation sites is 1. The summed E-state index contributed by atoms with van der Waals surface area (Å²) in [5.74, 6) is 0.590. The first-order chi connectivity index (χ1) is 12.0. The van der Waals surface area contributed by atoms with Crippen LogP contribution in [0.2, 0.25) is 0 Å². The topological polar surface area (TPSA) is 66.2 Å². The van der Waals surface area contributed by atoms with Gasteiger partial charge in [-0.2, -0.15) is 0 Å². The van der Waals surface area contributed by atoms with E-state index in [1.807, 2.05) is 37.3 Å². The zero-order valence-electron chi connectivity index (χ0n) is 14.8. The summed E-state index contributed by atoms with van der Waals surface area (Å²) in [6, 6.07) is 9.64. The van der Waals surface area contributed by atoms with Crippen LogP contribution in [0.1, 0.15) is 43.1 Å². The van der Waals surface area contributed by atoms with Crippen molar-refractivity contribution in [2.75, 3.05) is 6.61 Å². The molecule has 1 aromatic heterocycles. The summed E-state index contributed by atoms with van der Waals surface area (Å²) >= 11 is 0. The van der Waals surface area contributed by atoms with E-state index in [4.69, 9.17) is 9.47 Å². The molecule has 0 bridgehead atoms. The molecule has 1 aliphatic heterocycles. The molecule has 6 heteroatoms. The number of rotatable bonds is 3. The highest BCUT2D eigenvalue weighted by Crippen LogP contribution is 2.53. The molecule has 2 aliphatic rings. The van der Waals surface area contributed by atoms with Crippen molar-refractivity contribution in [2.24, 2.45) is 11.3 Å². The highest BCUT2D eigenvalue weighted by Gasteiger charge is 2.60. The first kappa shape index (κ1) is 16.3. The van der Waals surface area contributed by atoms with Gasteiger partial charge in [0.15, 0.2) is 0 Å². The van der Waals surface area contributed by atoms with Crippen LogP contribution < -0.4 is 0 Å². The number of fused-ring (bicyclic) bond motifs is 1. The Balaban J connectivity index is 1.52. The highest BCUT2D eigenvalue weighted by atomic mass is 16.6. The van der Waals surface area contributed by atoms with Gasteiger partial charge in [-0.25, -0.2) is 14.5 Å². The predicted octanol–water partition coefficient (Wildman–Crippen LogP) is 2.94. The van der Waals surface area contributed by atoms with E-state index in [1.165, 1.54) is 0 Å². The lowest BCUT2D eigenvalue weighted by molar-refractivity contribution is -0.243. The number of hydrogen-bond donors (Lipinski definition) is 0. The second-order valence-corrected chi connectivity index (χ2v) is 7.47. The van der Waals surface area contributed by atoms with Crippen LogP contribution in [0.3, 0.4) is 0 Å². The van der Waals surface area contributed by atoms with Gasteiger partial charge in [-0.3, -0.25) is 0 Å². The summed E-state index contributed by atoms with van der Waals surface area (Å²) in [6.45, 7) is 6.82. The number of carbonyl (C=O) groups is 1. The van der Waals surface area contributed by atoms with E-state index in [1.54, 1.807) is 4.68 Å². The molecule has 0 amide bonds. The van der Waals surface area contributed by atoms with Crippen LogP contribution in [0.25, 0.3) is 5.69 Å². The molecule has 25 heavy (non-hydrogen) atoms. The van der Waals surface area contributed by atoms with E-state index >= 15 is 0 Å². The fourth-order valence-corrected chi connectivity index (χ4v) is 4.17. The summed E-state index contributed by atoms with van der Waals surface area (Å²) in [6.07, 6.45) is 2.09. The van der Waals surface area contributed by atoms with Crippen molar-refractivity contribution in [2.45, 2.75) is 45.8 Å². The molecule has 3 atom stereocenters. The molecule has 132 valence electrons. The van der Waals surface area contributed by atoms with Gasteiger partial charge in [0.25, 0.3) is 5.82 Å². The normalized spacial score (nSPS) is 27.2. The quantitative estimate of drug-likeness (QED) is 0.803. The van der Waals surface area contributed by atoms with Gasteiger partial charge in [-0.1, -0.05) is 32.0 Å². The minimum atomic E-state index is -0.458. The first-order valence-electron chi connectivity index (χ1n) is 8.80. The van der Waals surface area contributed by atoms with Crippen molar-refractivity contribution >= 4 is 5.97 Å². The van der Waals surface area contributed by atoms with Gasteiger partial charge >= 0.3 is 5.97 Å². The molecule has 1 aromatic carbocycles. The highest BCUT2D eigenvalue weighted by molar-refractivity contribution is 5.85. The molecule has 6 nitrogen and oxygen atoms in total. The predicted molar refractivity (Wildman–Crippen MR) is 91.5 cm³/mol. The standard InChI is InChI=1S/C19H23N3O3/c1-12-20-17(21-22(12)13-8-5-4-6-9-13)18(23)25-16-14-10-7-11-24-15(14)19(16,2)3/h4-6,8-9,14-16H,7,10-11H2,1-3H3/t14-,15+,16+/m0/s1. The molecule has 4 rings (SSSR count). The van der Waals surface area contributed by atoms with Gasteiger partial charge in [0.2, 0.25) is 0 Å². The smallest absolute Gasteiger partial charge is 0.378 e.